The van der Waals surface area contributed by atoms with Crippen molar-refractivity contribution in [3.05, 3.63) is 11.6 Å². The molecule has 1 amide bonds. The largest absolute Gasteiger partial charge is 0.345 e. The second-order valence-corrected chi connectivity index (χ2v) is 8.11. The molecular weight excluding hydrogens is 300 g/mol. The van der Waals surface area contributed by atoms with Gasteiger partial charge in [-0.2, -0.15) is 4.31 Å². The zero-order chi connectivity index (χ0) is 16.6. The van der Waals surface area contributed by atoms with Crippen molar-refractivity contribution in [2.45, 2.75) is 51.9 Å². The van der Waals surface area contributed by atoms with Gasteiger partial charge < -0.3 is 4.90 Å². The van der Waals surface area contributed by atoms with Crippen molar-refractivity contribution >= 4 is 15.9 Å². The van der Waals surface area contributed by atoms with Crippen LogP contribution in [-0.2, 0) is 14.8 Å². The summed E-state index contributed by atoms with van der Waals surface area (Å²) < 4.78 is 25.1. The molecule has 6 heteroatoms. The highest BCUT2D eigenvalue weighted by atomic mass is 32.2. The Morgan fingerprint density at radius 2 is 2.00 bits per heavy atom. The molecule has 0 aromatic rings. The molecule has 5 nitrogen and oxygen atoms in total. The predicted molar refractivity (Wildman–Crippen MR) is 90.1 cm³/mol. The third kappa shape index (κ3) is 6.92. The number of hydrogen-bond donors (Lipinski definition) is 0. The Labute approximate surface area is 135 Å². The van der Waals surface area contributed by atoms with Crippen LogP contribution in [0.4, 0.5) is 0 Å². The summed E-state index contributed by atoms with van der Waals surface area (Å²) in [6, 6.07) is 0. The lowest BCUT2D eigenvalue weighted by Crippen LogP contribution is -2.41. The summed E-state index contributed by atoms with van der Waals surface area (Å²) in [6.07, 6.45) is 10.6. The first kappa shape index (κ1) is 19.2. The van der Waals surface area contributed by atoms with Crippen molar-refractivity contribution in [1.82, 2.24) is 9.21 Å². The van der Waals surface area contributed by atoms with E-state index < -0.39 is 10.0 Å². The first-order valence-electron chi connectivity index (χ1n) is 8.21. The minimum absolute atomic E-state index is 0.0493. The van der Waals surface area contributed by atoms with Gasteiger partial charge in [0, 0.05) is 20.1 Å². The molecule has 0 aromatic heterocycles. The van der Waals surface area contributed by atoms with Crippen LogP contribution < -0.4 is 0 Å². The van der Waals surface area contributed by atoms with Crippen molar-refractivity contribution in [2.24, 2.45) is 0 Å². The Morgan fingerprint density at radius 1 is 1.27 bits per heavy atom. The number of rotatable bonds is 9. The quantitative estimate of drug-likeness (QED) is 0.610. The Kier molecular flexibility index (Phi) is 8.10. The van der Waals surface area contributed by atoms with Gasteiger partial charge in [0.2, 0.25) is 15.9 Å². The molecule has 0 N–H and O–H groups in total. The van der Waals surface area contributed by atoms with E-state index in [1.54, 1.807) is 11.9 Å². The molecule has 0 aromatic carbocycles. The molecule has 0 unspecified atom stereocenters. The van der Waals surface area contributed by atoms with E-state index in [4.69, 9.17) is 0 Å². The maximum Gasteiger partial charge on any atom is 0.237 e. The Morgan fingerprint density at radius 3 is 2.55 bits per heavy atom. The van der Waals surface area contributed by atoms with Crippen LogP contribution in [0.25, 0.3) is 0 Å². The maximum atomic E-state index is 12.2. The topological polar surface area (TPSA) is 57.7 Å². The van der Waals surface area contributed by atoms with E-state index in [9.17, 15) is 13.2 Å². The van der Waals surface area contributed by atoms with Crippen molar-refractivity contribution in [3.8, 4) is 0 Å². The second kappa shape index (κ2) is 9.30. The molecule has 22 heavy (non-hydrogen) atoms. The molecule has 0 saturated carbocycles. The first-order chi connectivity index (χ1) is 10.3. The Bertz CT molecular complexity index is 486. The molecular formula is C16H30N2O3S. The van der Waals surface area contributed by atoms with Crippen LogP contribution in [0.5, 0.6) is 0 Å². The normalized spacial score (nSPS) is 15.7. The van der Waals surface area contributed by atoms with Crippen molar-refractivity contribution in [2.75, 3.05) is 32.9 Å². The van der Waals surface area contributed by atoms with E-state index in [-0.39, 0.29) is 12.5 Å². The fourth-order valence-corrected chi connectivity index (χ4v) is 3.32. The van der Waals surface area contributed by atoms with Gasteiger partial charge in [-0.25, -0.2) is 8.42 Å². The molecule has 1 rings (SSSR count). The van der Waals surface area contributed by atoms with Gasteiger partial charge in [-0.1, -0.05) is 25.0 Å². The second-order valence-electron chi connectivity index (χ2n) is 6.12. The third-order valence-electron chi connectivity index (χ3n) is 4.12. The zero-order valence-electron chi connectivity index (χ0n) is 14.2. The smallest absolute Gasteiger partial charge is 0.237 e. The van der Waals surface area contributed by atoms with Crippen molar-refractivity contribution in [1.29, 1.82) is 0 Å². The molecule has 1 aliphatic rings. The minimum Gasteiger partial charge on any atom is -0.345 e. The molecule has 0 bridgehead atoms. The van der Waals surface area contributed by atoms with E-state index in [1.165, 1.54) is 29.0 Å². The van der Waals surface area contributed by atoms with Gasteiger partial charge in [0.25, 0.3) is 0 Å². The van der Waals surface area contributed by atoms with E-state index in [1.807, 2.05) is 0 Å². The van der Waals surface area contributed by atoms with E-state index >= 15 is 0 Å². The number of unbranched alkanes of at least 4 members (excludes halogenated alkanes) is 1. The highest BCUT2D eigenvalue weighted by Crippen LogP contribution is 2.20. The van der Waals surface area contributed by atoms with Crippen molar-refractivity contribution in [3.63, 3.8) is 0 Å². The van der Waals surface area contributed by atoms with Crippen LogP contribution in [0.2, 0.25) is 0 Å². The van der Waals surface area contributed by atoms with Gasteiger partial charge in [0.15, 0.2) is 0 Å². The SMILES string of the molecule is CCCCN(C)C(=O)CN(CCC1=CCCCC1)S(C)(=O)=O. The van der Waals surface area contributed by atoms with Gasteiger partial charge in [0.05, 0.1) is 12.8 Å². The average Bonchev–Trinajstić information content (AvgIpc) is 2.48. The number of carbonyl (C=O) groups is 1. The lowest BCUT2D eigenvalue weighted by Gasteiger charge is -2.24. The fourth-order valence-electron chi connectivity index (χ4n) is 2.55. The number of allylic oxidation sites excluding steroid dienone is 1. The summed E-state index contributed by atoms with van der Waals surface area (Å²) in [5.41, 5.74) is 1.33. The van der Waals surface area contributed by atoms with Gasteiger partial charge in [-0.15, -0.1) is 0 Å². The zero-order valence-corrected chi connectivity index (χ0v) is 15.0. The van der Waals surface area contributed by atoms with Gasteiger partial charge in [-0.05, 0) is 38.5 Å². The van der Waals surface area contributed by atoms with Crippen LogP contribution in [0.3, 0.4) is 0 Å². The number of nitrogens with zero attached hydrogens (tertiary/aromatic N) is 2. The third-order valence-corrected chi connectivity index (χ3v) is 5.37. The van der Waals surface area contributed by atoms with Crippen LogP contribution >= 0.6 is 0 Å². The van der Waals surface area contributed by atoms with Crippen LogP contribution in [0, 0.1) is 0 Å². The maximum absolute atomic E-state index is 12.2. The molecule has 0 spiro atoms. The monoisotopic (exact) mass is 330 g/mol. The number of sulfonamides is 1. The van der Waals surface area contributed by atoms with Crippen LogP contribution in [0.15, 0.2) is 11.6 Å². The summed E-state index contributed by atoms with van der Waals surface area (Å²) in [7, 11) is -1.62. The standard InChI is InChI=1S/C16H30N2O3S/c1-4-5-12-17(2)16(19)14-18(22(3,20)21)13-11-15-9-7-6-8-10-15/h9H,4-8,10-14H2,1-3H3. The number of hydrogen-bond acceptors (Lipinski definition) is 3. The molecule has 0 atom stereocenters. The minimum atomic E-state index is -3.36. The molecule has 1 aliphatic carbocycles. The lowest BCUT2D eigenvalue weighted by molar-refractivity contribution is -0.130. The molecule has 0 radical (unpaired) electrons. The van der Waals surface area contributed by atoms with Gasteiger partial charge >= 0.3 is 0 Å². The summed E-state index contributed by atoms with van der Waals surface area (Å²) in [5.74, 6) is -0.128. The summed E-state index contributed by atoms with van der Waals surface area (Å²) in [6.45, 7) is 3.10. The van der Waals surface area contributed by atoms with E-state index in [0.29, 0.717) is 13.1 Å². The molecule has 0 heterocycles. The molecule has 128 valence electrons. The summed E-state index contributed by atoms with van der Waals surface area (Å²) >= 11 is 0. The predicted octanol–water partition coefficient (Wildman–Crippen LogP) is 2.40. The number of amides is 1. The first-order valence-corrected chi connectivity index (χ1v) is 10.1. The molecule has 0 saturated heterocycles. The summed E-state index contributed by atoms with van der Waals surface area (Å²) in [5, 5.41) is 0. The Balaban J connectivity index is 2.57. The van der Waals surface area contributed by atoms with E-state index in [0.717, 1.165) is 32.1 Å². The molecule has 0 fully saturated rings. The Hall–Kier alpha value is -0.880. The van der Waals surface area contributed by atoms with Crippen LogP contribution in [0.1, 0.15) is 51.9 Å². The average molecular weight is 330 g/mol. The fraction of sp³-hybridized carbons (Fsp3) is 0.812. The van der Waals surface area contributed by atoms with Crippen LogP contribution in [-0.4, -0.2) is 56.5 Å². The van der Waals surface area contributed by atoms with E-state index in [2.05, 4.69) is 13.0 Å². The highest BCUT2D eigenvalue weighted by molar-refractivity contribution is 7.88. The summed E-state index contributed by atoms with van der Waals surface area (Å²) in [4.78, 5) is 13.8. The lowest BCUT2D eigenvalue weighted by atomic mass is 9.97. The number of likely N-dealkylation sites (N-methyl/N-ethyl adjacent to an activating group) is 1. The highest BCUT2D eigenvalue weighted by Gasteiger charge is 2.22. The number of carbonyl (C=O) groups excluding carboxylic acids is 1. The van der Waals surface area contributed by atoms with Gasteiger partial charge in [-0.3, -0.25) is 4.79 Å². The van der Waals surface area contributed by atoms with Crippen molar-refractivity contribution < 1.29 is 13.2 Å². The van der Waals surface area contributed by atoms with Gasteiger partial charge in [0.1, 0.15) is 0 Å². The molecule has 0 aliphatic heterocycles.